The molecular weight excluding hydrogens is 673 g/mol. The van der Waals surface area contributed by atoms with E-state index in [4.69, 9.17) is 0 Å². The van der Waals surface area contributed by atoms with Crippen molar-refractivity contribution in [1.29, 1.82) is 0 Å². The molecule has 0 aliphatic heterocycles. The minimum Gasteiger partial charge on any atom is -0.310 e. The molecule has 2 nitrogen and oxygen atoms in total. The molecule has 0 amide bonds. The minimum absolute atomic E-state index is 0.0703. The topological polar surface area (TPSA) is 8.17 Å². The van der Waals surface area contributed by atoms with Crippen molar-refractivity contribution in [3.63, 3.8) is 0 Å². The zero-order valence-electron chi connectivity index (χ0n) is 30.1. The van der Waals surface area contributed by atoms with E-state index in [0.717, 1.165) is 17.1 Å². The maximum absolute atomic E-state index is 2.47. The van der Waals surface area contributed by atoms with Crippen LogP contribution >= 0.6 is 11.3 Å². The Hall–Kier alpha value is -6.42. The number of para-hydroxylation sites is 3. The molecule has 0 unspecified atom stereocenters. The maximum Gasteiger partial charge on any atom is 0.0544 e. The Kier molecular flexibility index (Phi) is 6.80. The van der Waals surface area contributed by atoms with Gasteiger partial charge in [-0.3, -0.25) is 0 Å². The van der Waals surface area contributed by atoms with Gasteiger partial charge in [-0.2, -0.15) is 0 Å². The highest BCUT2D eigenvalue weighted by molar-refractivity contribution is 7.26. The molecule has 2 aromatic heterocycles. The number of aromatic nitrogens is 1. The second-order valence-electron chi connectivity index (χ2n) is 15.0. The number of nitrogens with zero attached hydrogens (tertiary/aromatic N) is 2. The van der Waals surface area contributed by atoms with E-state index in [1.807, 2.05) is 11.3 Å². The Morgan fingerprint density at radius 1 is 0.444 bits per heavy atom. The zero-order valence-corrected chi connectivity index (χ0v) is 30.9. The third-order valence-electron chi connectivity index (χ3n) is 11.6. The lowest BCUT2D eigenvalue weighted by atomic mass is 9.82. The molecule has 8 aromatic carbocycles. The fourth-order valence-electron chi connectivity index (χ4n) is 8.99. The van der Waals surface area contributed by atoms with Crippen LogP contribution in [0.25, 0.3) is 69.9 Å². The van der Waals surface area contributed by atoms with E-state index in [0.29, 0.717) is 0 Å². The molecule has 0 radical (unpaired) electrons. The number of benzene rings is 8. The molecule has 3 heteroatoms. The lowest BCUT2D eigenvalue weighted by Crippen LogP contribution is -2.14. The number of rotatable bonds is 5. The van der Waals surface area contributed by atoms with Crippen molar-refractivity contribution in [2.24, 2.45) is 0 Å². The van der Waals surface area contributed by atoms with Crippen molar-refractivity contribution in [3.05, 3.63) is 193 Å². The molecule has 0 saturated heterocycles. The molecule has 0 fully saturated rings. The van der Waals surface area contributed by atoms with Gasteiger partial charge in [0.2, 0.25) is 0 Å². The summed E-state index contributed by atoms with van der Waals surface area (Å²) in [6, 6.07) is 66.9. The van der Waals surface area contributed by atoms with Crippen molar-refractivity contribution >= 4 is 70.4 Å². The van der Waals surface area contributed by atoms with Gasteiger partial charge in [-0.05, 0) is 112 Å². The lowest BCUT2D eigenvalue weighted by Gasteiger charge is -2.25. The number of anilines is 3. The summed E-state index contributed by atoms with van der Waals surface area (Å²) in [6.45, 7) is 4.74. The number of thiophene rings is 1. The summed E-state index contributed by atoms with van der Waals surface area (Å²) >= 11 is 1.89. The molecule has 11 rings (SSSR count). The maximum atomic E-state index is 2.47. The number of hydrogen-bond donors (Lipinski definition) is 0. The van der Waals surface area contributed by atoms with Gasteiger partial charge in [-0.25, -0.2) is 0 Å². The Labute approximate surface area is 318 Å². The summed E-state index contributed by atoms with van der Waals surface area (Å²) in [5.74, 6) is 0. The molecule has 0 saturated carbocycles. The molecule has 0 spiro atoms. The van der Waals surface area contributed by atoms with Gasteiger partial charge >= 0.3 is 0 Å². The van der Waals surface area contributed by atoms with Gasteiger partial charge in [-0.15, -0.1) is 11.3 Å². The van der Waals surface area contributed by atoms with Crippen molar-refractivity contribution in [2.75, 3.05) is 4.90 Å². The molecule has 54 heavy (non-hydrogen) atoms. The molecule has 10 aromatic rings. The lowest BCUT2D eigenvalue weighted by molar-refractivity contribution is 0.661. The van der Waals surface area contributed by atoms with Gasteiger partial charge in [0, 0.05) is 59.1 Å². The first kappa shape index (κ1) is 31.1. The summed E-state index contributed by atoms with van der Waals surface area (Å²) in [4.78, 5) is 2.35. The van der Waals surface area contributed by atoms with Crippen molar-refractivity contribution < 1.29 is 0 Å². The molecule has 1 aliphatic carbocycles. The quantitative estimate of drug-likeness (QED) is 0.173. The second-order valence-corrected chi connectivity index (χ2v) is 16.0. The van der Waals surface area contributed by atoms with Crippen LogP contribution in [0.1, 0.15) is 25.0 Å². The minimum atomic E-state index is -0.0703. The molecule has 256 valence electrons. The number of fused-ring (bicyclic) bond motifs is 9. The second kappa shape index (κ2) is 11.8. The van der Waals surface area contributed by atoms with Crippen LogP contribution in [0.15, 0.2) is 182 Å². The van der Waals surface area contributed by atoms with Gasteiger partial charge in [0.25, 0.3) is 0 Å². The fourth-order valence-corrected chi connectivity index (χ4v) is 10.2. The Morgan fingerprint density at radius 3 is 1.87 bits per heavy atom. The standard InChI is InChI=1S/C51H36N2S/c1-51(2)45-24-13-12-21-39(45)41-31-43-42-29-33(25-27-47(42)53(48(43)32-46(41)51)36-19-10-5-11-20-36)38-22-14-23-40-44-30-37(26-28-49(44)54-50(38)40)52(34-15-6-3-7-16-34)35-17-8-4-9-18-35/h3-32H,1-2H3. The monoisotopic (exact) mass is 708 g/mol. The average Bonchev–Trinajstić information content (AvgIpc) is 3.83. The van der Waals surface area contributed by atoms with Crippen molar-refractivity contribution in [3.8, 4) is 27.9 Å². The molecule has 1 aliphatic rings. The van der Waals surface area contributed by atoms with E-state index in [1.165, 1.54) is 81.0 Å². The smallest absolute Gasteiger partial charge is 0.0544 e. The van der Waals surface area contributed by atoms with E-state index < -0.39 is 0 Å². The van der Waals surface area contributed by atoms with Crippen LogP contribution in [-0.4, -0.2) is 4.57 Å². The van der Waals surface area contributed by atoms with Crippen LogP contribution in [0.2, 0.25) is 0 Å². The predicted octanol–water partition coefficient (Wildman–Crippen LogP) is 14.6. The molecule has 2 heterocycles. The molecule has 0 N–H and O–H groups in total. The molecule has 0 bridgehead atoms. The van der Waals surface area contributed by atoms with E-state index in [1.54, 1.807) is 0 Å². The van der Waals surface area contributed by atoms with Gasteiger partial charge in [0.15, 0.2) is 0 Å². The summed E-state index contributed by atoms with van der Waals surface area (Å²) in [7, 11) is 0. The van der Waals surface area contributed by atoms with Crippen LogP contribution in [0.4, 0.5) is 17.1 Å². The largest absolute Gasteiger partial charge is 0.310 e. The Balaban J connectivity index is 1.11. The van der Waals surface area contributed by atoms with Gasteiger partial charge in [0.05, 0.1) is 11.0 Å². The first-order chi connectivity index (χ1) is 26.5. The average molecular weight is 709 g/mol. The predicted molar refractivity (Wildman–Crippen MR) is 231 cm³/mol. The first-order valence-electron chi connectivity index (χ1n) is 18.7. The van der Waals surface area contributed by atoms with E-state index in [9.17, 15) is 0 Å². The highest BCUT2D eigenvalue weighted by Crippen LogP contribution is 2.51. The van der Waals surface area contributed by atoms with Crippen LogP contribution in [0.5, 0.6) is 0 Å². The van der Waals surface area contributed by atoms with E-state index in [2.05, 4.69) is 205 Å². The zero-order chi connectivity index (χ0) is 36.0. The van der Waals surface area contributed by atoms with Crippen LogP contribution in [0.3, 0.4) is 0 Å². The molecular formula is C51H36N2S. The van der Waals surface area contributed by atoms with Gasteiger partial charge in [-0.1, -0.05) is 117 Å². The molecule has 0 atom stereocenters. The third-order valence-corrected chi connectivity index (χ3v) is 12.8. The third kappa shape index (κ3) is 4.58. The van der Waals surface area contributed by atoms with E-state index in [-0.39, 0.29) is 5.41 Å². The van der Waals surface area contributed by atoms with Crippen molar-refractivity contribution in [1.82, 2.24) is 4.57 Å². The van der Waals surface area contributed by atoms with E-state index >= 15 is 0 Å². The highest BCUT2D eigenvalue weighted by Gasteiger charge is 2.36. The fraction of sp³-hybridized carbons (Fsp3) is 0.0588. The van der Waals surface area contributed by atoms with Crippen LogP contribution in [0, 0.1) is 0 Å². The van der Waals surface area contributed by atoms with Gasteiger partial charge < -0.3 is 9.47 Å². The first-order valence-corrected chi connectivity index (χ1v) is 19.5. The summed E-state index contributed by atoms with van der Waals surface area (Å²) in [5.41, 5.74) is 15.0. The summed E-state index contributed by atoms with van der Waals surface area (Å²) in [5, 5.41) is 5.14. The van der Waals surface area contributed by atoms with Crippen molar-refractivity contribution in [2.45, 2.75) is 19.3 Å². The SMILES string of the molecule is CC1(C)c2ccccc2-c2cc3c4cc(-c5cccc6c5sc5ccc(N(c7ccccc7)c7ccccc7)cc56)ccc4n(-c4ccccc4)c3cc21. The van der Waals surface area contributed by atoms with Crippen LogP contribution < -0.4 is 4.90 Å². The van der Waals surface area contributed by atoms with Gasteiger partial charge in [0.1, 0.15) is 0 Å². The highest BCUT2D eigenvalue weighted by atomic mass is 32.1. The van der Waals surface area contributed by atoms with Crippen LogP contribution in [-0.2, 0) is 5.41 Å². The number of hydrogen-bond acceptors (Lipinski definition) is 2. The normalized spacial score (nSPS) is 13.1. The Morgan fingerprint density at radius 2 is 1.11 bits per heavy atom. The Bertz CT molecular complexity index is 3020. The summed E-state index contributed by atoms with van der Waals surface area (Å²) in [6.07, 6.45) is 0. The summed E-state index contributed by atoms with van der Waals surface area (Å²) < 4.78 is 5.07.